The van der Waals surface area contributed by atoms with Crippen LogP contribution >= 0.6 is 0 Å². The van der Waals surface area contributed by atoms with E-state index in [0.29, 0.717) is 39.0 Å². The van der Waals surface area contributed by atoms with E-state index in [2.05, 4.69) is 35.3 Å². The van der Waals surface area contributed by atoms with Gasteiger partial charge in [0.25, 0.3) is 0 Å². The lowest BCUT2D eigenvalue weighted by Gasteiger charge is -2.24. The van der Waals surface area contributed by atoms with Crippen molar-refractivity contribution in [3.8, 4) is 11.1 Å². The zero-order chi connectivity index (χ0) is 23.0. The number of rotatable bonds is 7. The van der Waals surface area contributed by atoms with Gasteiger partial charge in [0.1, 0.15) is 0 Å². The number of pyridine rings is 1. The highest BCUT2D eigenvalue weighted by Gasteiger charge is 2.31. The lowest BCUT2D eigenvalue weighted by molar-refractivity contribution is -0.134. The molecule has 33 heavy (non-hydrogen) atoms. The van der Waals surface area contributed by atoms with Crippen molar-refractivity contribution in [2.24, 2.45) is 5.92 Å². The first-order valence-corrected chi connectivity index (χ1v) is 11.7. The first-order chi connectivity index (χ1) is 16.1. The molecule has 2 amide bonds. The molecule has 0 spiro atoms. The summed E-state index contributed by atoms with van der Waals surface area (Å²) in [5.74, 6) is 0.0335. The van der Waals surface area contributed by atoms with E-state index in [0.717, 1.165) is 28.7 Å². The van der Waals surface area contributed by atoms with Crippen molar-refractivity contribution < 1.29 is 9.59 Å². The molecule has 1 atom stereocenters. The maximum absolute atomic E-state index is 13.3. The van der Waals surface area contributed by atoms with Crippen LogP contribution in [-0.4, -0.2) is 52.8 Å². The first kappa shape index (κ1) is 22.7. The minimum atomic E-state index is -0.235. The lowest BCUT2D eigenvalue weighted by atomic mass is 9.95. The molecular formula is C28H31N3O2. The maximum Gasteiger partial charge on any atom is 0.227 e. The molecule has 1 saturated heterocycles. The van der Waals surface area contributed by atoms with Crippen molar-refractivity contribution >= 4 is 11.8 Å². The number of amides is 2. The van der Waals surface area contributed by atoms with Gasteiger partial charge in [-0.15, -0.1) is 0 Å². The predicted octanol–water partition coefficient (Wildman–Crippen LogP) is 4.23. The molecule has 1 fully saturated rings. The zero-order valence-electron chi connectivity index (χ0n) is 19.2. The summed E-state index contributed by atoms with van der Waals surface area (Å²) in [6, 6.07) is 22.4. The summed E-state index contributed by atoms with van der Waals surface area (Å²) in [6.07, 6.45) is 5.38. The summed E-state index contributed by atoms with van der Waals surface area (Å²) in [5.41, 5.74) is 4.49. The van der Waals surface area contributed by atoms with Crippen LogP contribution in [0.2, 0.25) is 0 Å². The van der Waals surface area contributed by atoms with Gasteiger partial charge in [-0.25, -0.2) is 0 Å². The van der Waals surface area contributed by atoms with E-state index in [1.807, 2.05) is 53.1 Å². The molecule has 5 heteroatoms. The van der Waals surface area contributed by atoms with Crippen LogP contribution in [0.25, 0.3) is 11.1 Å². The second-order valence-electron chi connectivity index (χ2n) is 8.58. The predicted molar refractivity (Wildman–Crippen MR) is 130 cm³/mol. The van der Waals surface area contributed by atoms with Crippen molar-refractivity contribution in [2.75, 3.05) is 26.2 Å². The zero-order valence-corrected chi connectivity index (χ0v) is 19.2. The van der Waals surface area contributed by atoms with E-state index in [4.69, 9.17) is 0 Å². The first-order valence-electron chi connectivity index (χ1n) is 11.7. The number of hydrogen-bond acceptors (Lipinski definition) is 3. The Hall–Kier alpha value is -3.47. The van der Waals surface area contributed by atoms with E-state index < -0.39 is 0 Å². The molecule has 0 saturated carbocycles. The van der Waals surface area contributed by atoms with Gasteiger partial charge in [-0.05, 0) is 54.2 Å². The molecule has 2 aromatic carbocycles. The van der Waals surface area contributed by atoms with Gasteiger partial charge in [-0.3, -0.25) is 14.6 Å². The highest BCUT2D eigenvalue weighted by atomic mass is 16.2. The largest absolute Gasteiger partial charge is 0.341 e. The highest BCUT2D eigenvalue weighted by molar-refractivity contribution is 5.82. The molecule has 1 aromatic heterocycles. The average Bonchev–Trinajstić information content (AvgIpc) is 3.02. The molecule has 0 aliphatic carbocycles. The SMILES string of the molecule is CCN1CCN(C(=O)CCc2ccccc2)C[C@H](Cc2cccc(-c3ccncc3)c2)C1=O. The molecule has 0 bridgehead atoms. The number of aromatic nitrogens is 1. The van der Waals surface area contributed by atoms with Crippen molar-refractivity contribution in [3.63, 3.8) is 0 Å². The standard InChI is InChI=1S/C28H31N3O2/c1-2-30-17-18-31(27(32)12-11-22-7-4-3-5-8-22)21-26(28(30)33)20-23-9-6-10-25(19-23)24-13-15-29-16-14-24/h3-10,13-16,19,26H,2,11-12,17-18,20-21H2,1H3/t26-/m0/s1. The van der Waals surface area contributed by atoms with Crippen molar-refractivity contribution in [2.45, 2.75) is 26.2 Å². The number of nitrogens with zero attached hydrogens (tertiary/aromatic N) is 3. The number of hydrogen-bond donors (Lipinski definition) is 0. The van der Waals surface area contributed by atoms with E-state index in [9.17, 15) is 9.59 Å². The van der Waals surface area contributed by atoms with Crippen molar-refractivity contribution in [1.82, 2.24) is 14.8 Å². The highest BCUT2D eigenvalue weighted by Crippen LogP contribution is 2.23. The van der Waals surface area contributed by atoms with E-state index in [1.54, 1.807) is 12.4 Å². The van der Waals surface area contributed by atoms with Crippen LogP contribution in [0, 0.1) is 5.92 Å². The Balaban J connectivity index is 1.48. The topological polar surface area (TPSA) is 53.5 Å². The molecule has 170 valence electrons. The second-order valence-corrected chi connectivity index (χ2v) is 8.58. The number of carbonyl (C=O) groups is 2. The number of benzene rings is 2. The van der Waals surface area contributed by atoms with Crippen LogP contribution in [0.5, 0.6) is 0 Å². The van der Waals surface area contributed by atoms with Crippen LogP contribution in [0.15, 0.2) is 79.1 Å². The molecule has 5 nitrogen and oxygen atoms in total. The van der Waals surface area contributed by atoms with Crippen LogP contribution in [0.1, 0.15) is 24.5 Å². The summed E-state index contributed by atoms with van der Waals surface area (Å²) in [6.45, 7) is 4.34. The molecule has 1 aliphatic heterocycles. The van der Waals surface area contributed by atoms with Gasteiger partial charge in [-0.2, -0.15) is 0 Å². The number of likely N-dealkylation sites (N-methyl/N-ethyl adjacent to an activating group) is 1. The fraction of sp³-hybridized carbons (Fsp3) is 0.321. The Morgan fingerprint density at radius 2 is 1.70 bits per heavy atom. The summed E-state index contributed by atoms with van der Waals surface area (Å²) < 4.78 is 0. The van der Waals surface area contributed by atoms with Crippen LogP contribution in [-0.2, 0) is 22.4 Å². The Kier molecular flexibility index (Phi) is 7.51. The van der Waals surface area contributed by atoms with Gasteiger partial charge in [0.2, 0.25) is 11.8 Å². The lowest BCUT2D eigenvalue weighted by Crippen LogP contribution is -2.38. The molecule has 0 radical (unpaired) electrons. The molecule has 2 heterocycles. The average molecular weight is 442 g/mol. The smallest absolute Gasteiger partial charge is 0.227 e. The Labute approximate surface area is 196 Å². The van der Waals surface area contributed by atoms with Gasteiger partial charge in [-0.1, -0.05) is 54.6 Å². The van der Waals surface area contributed by atoms with E-state index in [-0.39, 0.29) is 17.7 Å². The molecule has 4 rings (SSSR count). The van der Waals surface area contributed by atoms with Crippen LogP contribution in [0.4, 0.5) is 0 Å². The summed E-state index contributed by atoms with van der Waals surface area (Å²) in [7, 11) is 0. The minimum Gasteiger partial charge on any atom is -0.341 e. The monoisotopic (exact) mass is 441 g/mol. The maximum atomic E-state index is 13.3. The van der Waals surface area contributed by atoms with Crippen LogP contribution in [0.3, 0.4) is 0 Å². The summed E-state index contributed by atoms with van der Waals surface area (Å²) >= 11 is 0. The van der Waals surface area contributed by atoms with E-state index in [1.165, 1.54) is 0 Å². The van der Waals surface area contributed by atoms with Gasteiger partial charge < -0.3 is 9.80 Å². The van der Waals surface area contributed by atoms with Gasteiger partial charge in [0.05, 0.1) is 5.92 Å². The molecular weight excluding hydrogens is 410 g/mol. The summed E-state index contributed by atoms with van der Waals surface area (Å²) in [4.78, 5) is 34.2. The second kappa shape index (κ2) is 10.9. The van der Waals surface area contributed by atoms with Crippen molar-refractivity contribution in [1.29, 1.82) is 0 Å². The van der Waals surface area contributed by atoms with Crippen molar-refractivity contribution in [3.05, 3.63) is 90.3 Å². The van der Waals surface area contributed by atoms with E-state index >= 15 is 0 Å². The molecule has 0 N–H and O–H groups in total. The number of aryl methyl sites for hydroxylation is 1. The molecule has 0 unspecified atom stereocenters. The number of carbonyl (C=O) groups excluding carboxylic acids is 2. The van der Waals surface area contributed by atoms with Gasteiger partial charge in [0, 0.05) is 45.0 Å². The third-order valence-electron chi connectivity index (χ3n) is 6.37. The Morgan fingerprint density at radius 3 is 2.45 bits per heavy atom. The summed E-state index contributed by atoms with van der Waals surface area (Å²) in [5, 5.41) is 0. The third kappa shape index (κ3) is 5.86. The minimum absolute atomic E-state index is 0.125. The van der Waals surface area contributed by atoms with Crippen LogP contribution < -0.4 is 0 Å². The fourth-order valence-corrected chi connectivity index (χ4v) is 4.50. The molecule has 1 aliphatic rings. The molecule has 3 aromatic rings. The quantitative estimate of drug-likeness (QED) is 0.551. The fourth-order valence-electron chi connectivity index (χ4n) is 4.50. The Bertz CT molecular complexity index is 1070. The van der Waals surface area contributed by atoms with Gasteiger partial charge in [0.15, 0.2) is 0 Å². The third-order valence-corrected chi connectivity index (χ3v) is 6.37. The van der Waals surface area contributed by atoms with Gasteiger partial charge >= 0.3 is 0 Å². The normalized spacial score (nSPS) is 16.5. The Morgan fingerprint density at radius 1 is 0.939 bits per heavy atom.